The average molecular weight is 328 g/mol. The van der Waals surface area contributed by atoms with Crippen LogP contribution < -0.4 is 5.56 Å². The highest BCUT2D eigenvalue weighted by molar-refractivity contribution is 7.91. The fourth-order valence-corrected chi connectivity index (χ4v) is 3.75. The van der Waals surface area contributed by atoms with Crippen molar-refractivity contribution in [2.75, 3.05) is 5.75 Å². The Morgan fingerprint density at radius 2 is 1.65 bits per heavy atom. The maximum absolute atomic E-state index is 12.3. The average Bonchev–Trinajstić information content (AvgIpc) is 2.58. The minimum atomic E-state index is -3.33. The van der Waals surface area contributed by atoms with Gasteiger partial charge in [0.2, 0.25) is 0 Å². The Labute approximate surface area is 134 Å². The summed E-state index contributed by atoms with van der Waals surface area (Å²) in [5.41, 5.74) is -0.194. The summed E-state index contributed by atoms with van der Waals surface area (Å²) in [7, 11) is -3.33. The summed E-state index contributed by atoms with van der Waals surface area (Å²) in [4.78, 5) is 12.6. The molecule has 3 aromatic rings. The number of aromatic nitrogens is 2. The number of hydrogen-bond acceptors (Lipinski definition) is 4. The summed E-state index contributed by atoms with van der Waals surface area (Å²) in [6.07, 6.45) is 1.96. The summed E-state index contributed by atoms with van der Waals surface area (Å²) in [6, 6.07) is 15.5. The number of hydrogen-bond donors (Lipinski definition) is 0. The van der Waals surface area contributed by atoms with E-state index in [4.69, 9.17) is 0 Å². The molecule has 0 unspecified atom stereocenters. The molecular weight excluding hydrogens is 312 g/mol. The molecule has 0 fully saturated rings. The molecule has 118 valence electrons. The molecule has 0 amide bonds. The van der Waals surface area contributed by atoms with E-state index in [2.05, 4.69) is 5.10 Å². The van der Waals surface area contributed by atoms with Crippen molar-refractivity contribution < 1.29 is 8.42 Å². The third-order valence-corrected chi connectivity index (χ3v) is 5.46. The van der Waals surface area contributed by atoms with Crippen molar-refractivity contribution in [3.05, 3.63) is 71.1 Å². The van der Waals surface area contributed by atoms with Crippen LogP contribution in [-0.4, -0.2) is 24.0 Å². The molecule has 0 atom stereocenters. The predicted molar refractivity (Wildman–Crippen MR) is 89.1 cm³/mol. The number of nitrogens with zero attached hydrogens (tertiary/aromatic N) is 2. The van der Waals surface area contributed by atoms with Gasteiger partial charge >= 0.3 is 0 Å². The lowest BCUT2D eigenvalue weighted by molar-refractivity contribution is 0.558. The molecule has 1 aromatic heterocycles. The first kappa shape index (κ1) is 15.4. The van der Waals surface area contributed by atoms with Gasteiger partial charge in [0.1, 0.15) is 0 Å². The second-order valence-corrected chi connectivity index (χ2v) is 7.35. The minimum absolute atomic E-state index is 0.0159. The summed E-state index contributed by atoms with van der Waals surface area (Å²) >= 11 is 0. The van der Waals surface area contributed by atoms with E-state index < -0.39 is 9.84 Å². The topological polar surface area (TPSA) is 69.0 Å². The fourth-order valence-electron chi connectivity index (χ4n) is 2.44. The zero-order valence-electron chi connectivity index (χ0n) is 12.4. The van der Waals surface area contributed by atoms with Crippen molar-refractivity contribution in [1.82, 2.24) is 9.78 Å². The van der Waals surface area contributed by atoms with Crippen LogP contribution in [0.1, 0.15) is 6.42 Å². The van der Waals surface area contributed by atoms with Gasteiger partial charge in [0, 0.05) is 11.9 Å². The number of rotatable bonds is 5. The summed E-state index contributed by atoms with van der Waals surface area (Å²) in [5, 5.41) is 5.48. The van der Waals surface area contributed by atoms with Crippen LogP contribution >= 0.6 is 0 Å². The van der Waals surface area contributed by atoms with Crippen LogP contribution in [0.3, 0.4) is 0 Å². The van der Waals surface area contributed by atoms with E-state index in [-0.39, 0.29) is 17.9 Å². The van der Waals surface area contributed by atoms with Crippen molar-refractivity contribution in [3.8, 4) is 0 Å². The van der Waals surface area contributed by atoms with E-state index in [0.717, 1.165) is 5.39 Å². The van der Waals surface area contributed by atoms with Crippen LogP contribution in [0.2, 0.25) is 0 Å². The molecule has 3 rings (SSSR count). The molecule has 1 heterocycles. The lowest BCUT2D eigenvalue weighted by atomic mass is 10.2. The maximum atomic E-state index is 12.3. The standard InChI is InChI=1S/C17H16N2O3S/c20-17-16-10-5-4-7-14(16)13-18-19(17)11-6-12-23(21,22)15-8-2-1-3-9-15/h1-5,7-10,13H,6,11-12H2. The molecule has 0 radical (unpaired) electrons. The molecule has 5 nitrogen and oxygen atoms in total. The van der Waals surface area contributed by atoms with E-state index in [9.17, 15) is 13.2 Å². The van der Waals surface area contributed by atoms with Crippen molar-refractivity contribution >= 4 is 20.6 Å². The second kappa shape index (κ2) is 6.34. The summed E-state index contributed by atoms with van der Waals surface area (Å²) in [6.45, 7) is 0.274. The van der Waals surface area contributed by atoms with Gasteiger partial charge in [-0.25, -0.2) is 13.1 Å². The Hall–Kier alpha value is -2.47. The van der Waals surface area contributed by atoms with Crippen LogP contribution in [0.15, 0.2) is 70.5 Å². The van der Waals surface area contributed by atoms with Gasteiger partial charge in [-0.15, -0.1) is 0 Å². The molecule has 0 aliphatic heterocycles. The third-order valence-electron chi connectivity index (χ3n) is 3.65. The Morgan fingerprint density at radius 3 is 2.43 bits per heavy atom. The highest BCUT2D eigenvalue weighted by atomic mass is 32.2. The molecule has 6 heteroatoms. The first-order valence-corrected chi connectivity index (χ1v) is 8.96. The molecule has 23 heavy (non-hydrogen) atoms. The van der Waals surface area contributed by atoms with E-state index in [1.807, 2.05) is 12.1 Å². The van der Waals surface area contributed by atoms with Gasteiger partial charge in [0.05, 0.1) is 22.2 Å². The molecule has 0 spiro atoms. The lowest BCUT2D eigenvalue weighted by Gasteiger charge is -2.07. The van der Waals surface area contributed by atoms with Gasteiger partial charge in [-0.3, -0.25) is 4.79 Å². The third kappa shape index (κ3) is 3.32. The predicted octanol–water partition coefficient (Wildman–Crippen LogP) is 2.26. The van der Waals surface area contributed by atoms with Crippen LogP contribution in [0.25, 0.3) is 10.8 Å². The molecule has 0 aliphatic rings. The molecule has 0 N–H and O–H groups in total. The molecule has 0 saturated carbocycles. The maximum Gasteiger partial charge on any atom is 0.274 e. The lowest BCUT2D eigenvalue weighted by Crippen LogP contribution is -2.24. The van der Waals surface area contributed by atoms with E-state index >= 15 is 0 Å². The van der Waals surface area contributed by atoms with Crippen molar-refractivity contribution in [1.29, 1.82) is 0 Å². The highest BCUT2D eigenvalue weighted by Gasteiger charge is 2.13. The van der Waals surface area contributed by atoms with Gasteiger partial charge in [-0.05, 0) is 24.6 Å². The smallest absolute Gasteiger partial charge is 0.267 e. The largest absolute Gasteiger partial charge is 0.274 e. The highest BCUT2D eigenvalue weighted by Crippen LogP contribution is 2.11. The zero-order chi connectivity index (χ0) is 16.3. The Bertz CT molecular complexity index is 979. The van der Waals surface area contributed by atoms with Crippen LogP contribution in [0.5, 0.6) is 0 Å². The number of fused-ring (bicyclic) bond motifs is 1. The van der Waals surface area contributed by atoms with Crippen molar-refractivity contribution in [3.63, 3.8) is 0 Å². The Morgan fingerprint density at radius 1 is 0.957 bits per heavy atom. The minimum Gasteiger partial charge on any atom is -0.267 e. The first-order chi connectivity index (χ1) is 11.1. The van der Waals surface area contributed by atoms with Crippen molar-refractivity contribution in [2.45, 2.75) is 17.9 Å². The second-order valence-electron chi connectivity index (χ2n) is 5.25. The van der Waals surface area contributed by atoms with Gasteiger partial charge < -0.3 is 0 Å². The quantitative estimate of drug-likeness (QED) is 0.720. The Balaban J connectivity index is 1.75. The number of benzene rings is 2. The van der Waals surface area contributed by atoms with Crippen LogP contribution in [0, 0.1) is 0 Å². The Kier molecular flexibility index (Phi) is 4.25. The van der Waals surface area contributed by atoms with Crippen LogP contribution in [-0.2, 0) is 16.4 Å². The molecule has 0 bridgehead atoms. The molecule has 0 saturated heterocycles. The van der Waals surface area contributed by atoms with Gasteiger partial charge in [-0.1, -0.05) is 36.4 Å². The van der Waals surface area contributed by atoms with Crippen LogP contribution in [0.4, 0.5) is 0 Å². The SMILES string of the molecule is O=c1c2ccccc2cnn1CCCS(=O)(=O)c1ccccc1. The fraction of sp³-hybridized carbons (Fsp3) is 0.176. The number of sulfone groups is 1. The van der Waals surface area contributed by atoms with Crippen molar-refractivity contribution in [2.24, 2.45) is 0 Å². The van der Waals surface area contributed by atoms with E-state index in [0.29, 0.717) is 16.7 Å². The molecule has 0 aliphatic carbocycles. The summed E-state index contributed by atoms with van der Waals surface area (Å²) in [5.74, 6) is -0.0159. The monoisotopic (exact) mass is 328 g/mol. The molecular formula is C17H16N2O3S. The zero-order valence-corrected chi connectivity index (χ0v) is 13.2. The van der Waals surface area contributed by atoms with Gasteiger partial charge in [0.25, 0.3) is 5.56 Å². The van der Waals surface area contributed by atoms with E-state index in [1.54, 1.807) is 48.7 Å². The van der Waals surface area contributed by atoms with Gasteiger partial charge in [-0.2, -0.15) is 5.10 Å². The van der Waals surface area contributed by atoms with E-state index in [1.165, 1.54) is 4.68 Å². The number of aryl methyl sites for hydroxylation is 1. The van der Waals surface area contributed by atoms with Gasteiger partial charge in [0.15, 0.2) is 9.84 Å². The normalized spacial score (nSPS) is 11.7. The first-order valence-electron chi connectivity index (χ1n) is 7.30. The molecule has 2 aromatic carbocycles. The summed E-state index contributed by atoms with van der Waals surface area (Å²) < 4.78 is 25.7.